The number of rotatable bonds is 1. The first-order valence-corrected chi connectivity index (χ1v) is 5.31. The normalized spacial score (nSPS) is 24.3. The lowest BCUT2D eigenvalue weighted by Crippen LogP contribution is -2.65. The van der Waals surface area contributed by atoms with E-state index in [9.17, 15) is 9.59 Å². The zero-order chi connectivity index (χ0) is 11.0. The molecule has 0 spiro atoms. The minimum atomic E-state index is 0.104. The lowest BCUT2D eigenvalue weighted by atomic mass is 10.1. The summed E-state index contributed by atoms with van der Waals surface area (Å²) < 4.78 is 0. The highest BCUT2D eigenvalue weighted by atomic mass is 16.2. The fraction of sp³-hybridized carbons (Fsp3) is 0.800. The molecule has 2 rings (SSSR count). The number of piperazine rings is 1. The molecule has 2 saturated heterocycles. The van der Waals surface area contributed by atoms with E-state index in [1.165, 1.54) is 0 Å². The molecule has 0 aliphatic carbocycles. The quantitative estimate of drug-likeness (QED) is 0.558. The van der Waals surface area contributed by atoms with Gasteiger partial charge in [-0.15, -0.1) is 0 Å². The van der Waals surface area contributed by atoms with Gasteiger partial charge >= 0.3 is 0 Å². The number of hydrogen-bond acceptors (Lipinski definition) is 3. The van der Waals surface area contributed by atoms with E-state index in [1.54, 1.807) is 11.8 Å². The van der Waals surface area contributed by atoms with Crippen LogP contribution in [0, 0.1) is 0 Å². The van der Waals surface area contributed by atoms with Crippen LogP contribution in [-0.2, 0) is 9.59 Å². The minimum Gasteiger partial charge on any atom is -0.339 e. The predicted octanol–water partition coefficient (Wildman–Crippen LogP) is -1.01. The van der Waals surface area contributed by atoms with Gasteiger partial charge in [0.2, 0.25) is 11.8 Å². The Morgan fingerprint density at radius 3 is 2.53 bits per heavy atom. The van der Waals surface area contributed by atoms with Crippen molar-refractivity contribution in [3.05, 3.63) is 0 Å². The monoisotopic (exact) mass is 211 g/mol. The van der Waals surface area contributed by atoms with Crippen LogP contribution < -0.4 is 0 Å². The molecule has 2 heterocycles. The van der Waals surface area contributed by atoms with Gasteiger partial charge in [-0.1, -0.05) is 0 Å². The molecule has 0 aromatic rings. The third-order valence-electron chi connectivity index (χ3n) is 3.20. The zero-order valence-corrected chi connectivity index (χ0v) is 9.27. The van der Waals surface area contributed by atoms with E-state index in [2.05, 4.69) is 0 Å². The molecule has 2 aliphatic rings. The molecule has 15 heavy (non-hydrogen) atoms. The highest BCUT2D eigenvalue weighted by Gasteiger charge is 2.37. The number of carbonyl (C=O) groups is 2. The number of likely N-dealkylation sites (tertiary alicyclic amines) is 1. The largest absolute Gasteiger partial charge is 0.339 e. The van der Waals surface area contributed by atoms with Crippen LogP contribution >= 0.6 is 0 Å². The molecule has 2 aliphatic heterocycles. The van der Waals surface area contributed by atoms with Gasteiger partial charge in [0.15, 0.2) is 0 Å². The summed E-state index contributed by atoms with van der Waals surface area (Å²) in [5.41, 5.74) is 0. The van der Waals surface area contributed by atoms with Gasteiger partial charge in [-0.25, -0.2) is 0 Å². The van der Waals surface area contributed by atoms with Crippen molar-refractivity contribution >= 4 is 11.8 Å². The maximum Gasteiger partial charge on any atom is 0.237 e. The number of carbonyl (C=O) groups excluding carboxylic acids is 2. The third-order valence-corrected chi connectivity index (χ3v) is 3.20. The van der Waals surface area contributed by atoms with Crippen LogP contribution in [0.1, 0.15) is 6.92 Å². The molecule has 5 heteroatoms. The number of amides is 2. The van der Waals surface area contributed by atoms with Crippen molar-refractivity contribution in [2.75, 3.05) is 39.8 Å². The standard InChI is InChI=1S/C10H17N3O2/c1-8(14)12-5-9(6-12)13-4-3-11(2)7-10(13)15/h9H,3-7H2,1-2H3. The van der Waals surface area contributed by atoms with Crippen molar-refractivity contribution in [2.24, 2.45) is 0 Å². The maximum atomic E-state index is 11.7. The van der Waals surface area contributed by atoms with Crippen molar-refractivity contribution in [3.8, 4) is 0 Å². The van der Waals surface area contributed by atoms with Gasteiger partial charge in [0.1, 0.15) is 0 Å². The van der Waals surface area contributed by atoms with Crippen LogP contribution in [0.25, 0.3) is 0 Å². The van der Waals surface area contributed by atoms with Gasteiger partial charge in [-0.05, 0) is 7.05 Å². The molecule has 0 N–H and O–H groups in total. The average molecular weight is 211 g/mol. The molecule has 2 amide bonds. The molecule has 0 unspecified atom stereocenters. The van der Waals surface area contributed by atoms with Gasteiger partial charge in [-0.2, -0.15) is 0 Å². The summed E-state index contributed by atoms with van der Waals surface area (Å²) in [6.45, 7) is 5.24. The van der Waals surface area contributed by atoms with E-state index in [-0.39, 0.29) is 17.9 Å². The highest BCUT2D eigenvalue weighted by molar-refractivity contribution is 5.80. The molecule has 0 aromatic heterocycles. The third kappa shape index (κ3) is 1.97. The Balaban J connectivity index is 1.86. The van der Waals surface area contributed by atoms with Crippen LogP contribution in [0.3, 0.4) is 0 Å². The molecule has 0 radical (unpaired) electrons. The Labute approximate surface area is 89.6 Å². The fourth-order valence-corrected chi connectivity index (χ4v) is 2.10. The first kappa shape index (κ1) is 10.4. The van der Waals surface area contributed by atoms with Gasteiger partial charge < -0.3 is 9.80 Å². The smallest absolute Gasteiger partial charge is 0.237 e. The molecule has 0 bridgehead atoms. The molecule has 0 saturated carbocycles. The molecular formula is C10H17N3O2. The Morgan fingerprint density at radius 1 is 1.33 bits per heavy atom. The van der Waals surface area contributed by atoms with Crippen molar-refractivity contribution in [2.45, 2.75) is 13.0 Å². The van der Waals surface area contributed by atoms with E-state index in [0.717, 1.165) is 13.1 Å². The van der Waals surface area contributed by atoms with Crippen molar-refractivity contribution < 1.29 is 9.59 Å². The van der Waals surface area contributed by atoms with Gasteiger partial charge in [0.05, 0.1) is 12.6 Å². The molecule has 2 fully saturated rings. The molecule has 0 atom stereocenters. The van der Waals surface area contributed by atoms with E-state index >= 15 is 0 Å². The van der Waals surface area contributed by atoms with E-state index in [0.29, 0.717) is 19.6 Å². The summed E-state index contributed by atoms with van der Waals surface area (Å²) in [7, 11) is 1.96. The predicted molar refractivity (Wildman–Crippen MR) is 55.3 cm³/mol. The van der Waals surface area contributed by atoms with Gasteiger partial charge in [0.25, 0.3) is 0 Å². The van der Waals surface area contributed by atoms with E-state index in [4.69, 9.17) is 0 Å². The second-order valence-corrected chi connectivity index (χ2v) is 4.40. The Hall–Kier alpha value is -1.10. The van der Waals surface area contributed by atoms with Gasteiger partial charge in [0, 0.05) is 33.1 Å². The van der Waals surface area contributed by atoms with Crippen LogP contribution in [-0.4, -0.2) is 72.3 Å². The summed E-state index contributed by atoms with van der Waals surface area (Å²) in [5, 5.41) is 0. The van der Waals surface area contributed by atoms with Crippen LogP contribution in [0.2, 0.25) is 0 Å². The van der Waals surface area contributed by atoms with Crippen molar-refractivity contribution in [1.29, 1.82) is 0 Å². The average Bonchev–Trinajstić information content (AvgIpc) is 2.05. The maximum absolute atomic E-state index is 11.7. The first-order chi connectivity index (χ1) is 7.08. The number of hydrogen-bond donors (Lipinski definition) is 0. The topological polar surface area (TPSA) is 43.9 Å². The van der Waals surface area contributed by atoms with Crippen molar-refractivity contribution in [3.63, 3.8) is 0 Å². The number of likely N-dealkylation sites (N-methyl/N-ethyl adjacent to an activating group) is 1. The molecule has 5 nitrogen and oxygen atoms in total. The Kier molecular flexibility index (Phi) is 2.65. The lowest BCUT2D eigenvalue weighted by Gasteiger charge is -2.47. The summed E-state index contributed by atoms with van der Waals surface area (Å²) in [5.74, 6) is 0.296. The minimum absolute atomic E-state index is 0.104. The second kappa shape index (κ2) is 3.81. The summed E-state index contributed by atoms with van der Waals surface area (Å²) >= 11 is 0. The second-order valence-electron chi connectivity index (χ2n) is 4.40. The summed E-state index contributed by atoms with van der Waals surface area (Å²) in [6.07, 6.45) is 0. The summed E-state index contributed by atoms with van der Waals surface area (Å²) in [6, 6.07) is 0.259. The Morgan fingerprint density at radius 2 is 2.00 bits per heavy atom. The highest BCUT2D eigenvalue weighted by Crippen LogP contribution is 2.17. The Bertz CT molecular complexity index is 286. The van der Waals surface area contributed by atoms with Crippen LogP contribution in [0.15, 0.2) is 0 Å². The molecule has 0 aromatic carbocycles. The van der Waals surface area contributed by atoms with Gasteiger partial charge in [-0.3, -0.25) is 14.5 Å². The van der Waals surface area contributed by atoms with E-state index < -0.39 is 0 Å². The number of nitrogens with zero attached hydrogens (tertiary/aromatic N) is 3. The molecular weight excluding hydrogens is 194 g/mol. The SMILES string of the molecule is CC(=O)N1CC(N2CCN(C)CC2=O)C1. The zero-order valence-electron chi connectivity index (χ0n) is 9.27. The lowest BCUT2D eigenvalue weighted by molar-refractivity contribution is -0.148. The molecule has 84 valence electrons. The fourth-order valence-electron chi connectivity index (χ4n) is 2.10. The summed E-state index contributed by atoms with van der Waals surface area (Å²) in [4.78, 5) is 28.4. The van der Waals surface area contributed by atoms with Crippen molar-refractivity contribution in [1.82, 2.24) is 14.7 Å². The van der Waals surface area contributed by atoms with Crippen LogP contribution in [0.4, 0.5) is 0 Å². The van der Waals surface area contributed by atoms with Crippen LogP contribution in [0.5, 0.6) is 0 Å². The van der Waals surface area contributed by atoms with E-state index in [1.807, 2.05) is 16.8 Å². The first-order valence-electron chi connectivity index (χ1n) is 5.31.